The fourth-order valence-corrected chi connectivity index (χ4v) is 2.19. The van der Waals surface area contributed by atoms with Gasteiger partial charge >= 0.3 is 5.97 Å². The van der Waals surface area contributed by atoms with Crippen LogP contribution in [0.2, 0.25) is 0 Å². The number of ether oxygens (including phenoxy) is 1. The van der Waals surface area contributed by atoms with E-state index in [1.807, 2.05) is 6.08 Å². The number of allylic oxidation sites excluding steroid dienone is 5. The molecule has 0 aliphatic carbocycles. The Hall–Kier alpha value is -1.55. The summed E-state index contributed by atoms with van der Waals surface area (Å²) in [6.07, 6.45) is 21.9. The van der Waals surface area contributed by atoms with Gasteiger partial charge in [-0.15, -0.1) is 0 Å². The van der Waals surface area contributed by atoms with Crippen LogP contribution in [0.4, 0.5) is 0 Å². The third-order valence-corrected chi connectivity index (χ3v) is 3.57. The Balaban J connectivity index is 3.58. The minimum Gasteiger partial charge on any atom is -0.463 e. The number of carbonyl (C=O) groups excluding carboxylic acids is 1. The van der Waals surface area contributed by atoms with Crippen LogP contribution >= 0.6 is 0 Å². The van der Waals surface area contributed by atoms with Crippen LogP contribution in [0.3, 0.4) is 0 Å². The lowest BCUT2D eigenvalue weighted by Crippen LogP contribution is -2.06. The number of hydrogen-bond donors (Lipinski definition) is 1. The van der Waals surface area contributed by atoms with Gasteiger partial charge in [-0.2, -0.15) is 0 Å². The number of hydrogen-bond acceptors (Lipinski definition) is 4. The van der Waals surface area contributed by atoms with Crippen molar-refractivity contribution >= 4 is 5.97 Å². The predicted octanol–water partition coefficient (Wildman–Crippen LogP) is 5.57. The van der Waals surface area contributed by atoms with Crippen LogP contribution in [-0.4, -0.2) is 18.3 Å². The van der Waals surface area contributed by atoms with Crippen LogP contribution in [0.15, 0.2) is 36.1 Å². The van der Waals surface area contributed by atoms with Crippen LogP contribution in [0, 0.1) is 0 Å². The van der Waals surface area contributed by atoms with Crippen molar-refractivity contribution in [3.63, 3.8) is 0 Å². The maximum absolute atomic E-state index is 11.1. The highest BCUT2D eigenvalue weighted by molar-refractivity contribution is 5.86. The van der Waals surface area contributed by atoms with E-state index in [2.05, 4.69) is 22.6 Å². The Bertz CT molecular complexity index is 370. The summed E-state index contributed by atoms with van der Waals surface area (Å²) in [4.78, 5) is 15.0. The number of carbonyl (C=O) groups is 1. The van der Waals surface area contributed by atoms with E-state index < -0.39 is 5.97 Å². The maximum atomic E-state index is 11.1. The molecule has 0 spiro atoms. The Kier molecular flexibility index (Phi) is 15.7. The fourth-order valence-electron chi connectivity index (χ4n) is 2.19. The van der Waals surface area contributed by atoms with Crippen molar-refractivity contribution in [2.75, 3.05) is 7.11 Å². The molecule has 0 radical (unpaired) electrons. The highest BCUT2D eigenvalue weighted by Crippen LogP contribution is 2.10. The molecule has 0 amide bonds. The zero-order valence-corrected chi connectivity index (χ0v) is 14.6. The molecule has 0 bridgehead atoms. The highest BCUT2D eigenvalue weighted by atomic mass is 17.1. The van der Waals surface area contributed by atoms with E-state index in [9.17, 15) is 4.79 Å². The number of unbranched alkanes of at least 4 members (excludes halogenated alkanes) is 9. The van der Waals surface area contributed by atoms with Crippen molar-refractivity contribution in [3.05, 3.63) is 36.1 Å². The quantitative estimate of drug-likeness (QED) is 0.0863. The second kappa shape index (κ2) is 16.8. The van der Waals surface area contributed by atoms with E-state index in [1.165, 1.54) is 71.0 Å². The second-order valence-corrected chi connectivity index (χ2v) is 5.54. The van der Waals surface area contributed by atoms with Crippen LogP contribution < -0.4 is 0 Å². The minimum absolute atomic E-state index is 0.240. The molecule has 4 nitrogen and oxygen atoms in total. The smallest absolute Gasteiger partial charge is 0.377 e. The van der Waals surface area contributed by atoms with Gasteiger partial charge in [0, 0.05) is 0 Å². The van der Waals surface area contributed by atoms with Crippen molar-refractivity contribution < 1.29 is 19.7 Å². The molecule has 0 unspecified atom stereocenters. The molecule has 0 aromatic carbocycles. The molecule has 0 saturated heterocycles. The second-order valence-electron chi connectivity index (χ2n) is 5.54. The molecule has 0 aliphatic heterocycles. The van der Waals surface area contributed by atoms with E-state index in [-0.39, 0.29) is 5.76 Å². The van der Waals surface area contributed by atoms with Gasteiger partial charge < -0.3 is 9.62 Å². The Morgan fingerprint density at radius 3 is 2.09 bits per heavy atom. The molecule has 0 rings (SSSR count). The van der Waals surface area contributed by atoms with E-state index in [0.29, 0.717) is 0 Å². The topological polar surface area (TPSA) is 55.8 Å². The summed E-state index contributed by atoms with van der Waals surface area (Å²) >= 11 is 0. The standard InChI is InChI=1S/C19H32O4/c1-3-4-5-6-7-8-9-10-11-12-13-14-15-16-17-18(23-21)19(20)22-2/h13-17,21H,3-12H2,1-2H3. The first kappa shape index (κ1) is 21.4. The lowest BCUT2D eigenvalue weighted by atomic mass is 10.1. The van der Waals surface area contributed by atoms with Crippen molar-refractivity contribution in [3.8, 4) is 0 Å². The molecule has 0 saturated carbocycles. The molecular weight excluding hydrogens is 292 g/mol. The third kappa shape index (κ3) is 13.8. The molecule has 0 aliphatic rings. The molecule has 0 atom stereocenters. The molecular formula is C19H32O4. The first-order chi connectivity index (χ1) is 11.3. The molecule has 132 valence electrons. The van der Waals surface area contributed by atoms with E-state index in [1.54, 1.807) is 12.2 Å². The van der Waals surface area contributed by atoms with Gasteiger partial charge in [-0.3, -0.25) is 0 Å². The Morgan fingerprint density at radius 2 is 1.52 bits per heavy atom. The number of methoxy groups -OCH3 is 1. The SMILES string of the molecule is CCCCCCCCCCCC=CC=CC=C(OO)C(=O)OC. The van der Waals surface area contributed by atoms with Crippen LogP contribution in [0.25, 0.3) is 0 Å². The summed E-state index contributed by atoms with van der Waals surface area (Å²) in [5.41, 5.74) is 0. The first-order valence-corrected chi connectivity index (χ1v) is 8.69. The zero-order valence-electron chi connectivity index (χ0n) is 14.6. The van der Waals surface area contributed by atoms with Gasteiger partial charge in [-0.1, -0.05) is 82.6 Å². The van der Waals surface area contributed by atoms with E-state index >= 15 is 0 Å². The van der Waals surface area contributed by atoms with Gasteiger partial charge in [-0.05, 0) is 18.9 Å². The monoisotopic (exact) mass is 324 g/mol. The van der Waals surface area contributed by atoms with Crippen molar-refractivity contribution in [1.82, 2.24) is 0 Å². The van der Waals surface area contributed by atoms with Gasteiger partial charge in [-0.25, -0.2) is 10.1 Å². The summed E-state index contributed by atoms with van der Waals surface area (Å²) in [5, 5.41) is 8.51. The van der Waals surface area contributed by atoms with Crippen LogP contribution in [-0.2, 0) is 14.4 Å². The van der Waals surface area contributed by atoms with Crippen molar-refractivity contribution in [1.29, 1.82) is 0 Å². The first-order valence-electron chi connectivity index (χ1n) is 8.69. The van der Waals surface area contributed by atoms with Gasteiger partial charge in [0.15, 0.2) is 0 Å². The normalized spacial score (nSPS) is 12.2. The lowest BCUT2D eigenvalue weighted by molar-refractivity contribution is -0.211. The molecule has 23 heavy (non-hydrogen) atoms. The number of rotatable bonds is 14. The Labute approximate surface area is 140 Å². The summed E-state index contributed by atoms with van der Waals surface area (Å²) in [7, 11) is 1.23. The highest BCUT2D eigenvalue weighted by Gasteiger charge is 2.09. The number of esters is 1. The summed E-state index contributed by atoms with van der Waals surface area (Å²) in [6, 6.07) is 0. The molecule has 1 N–H and O–H groups in total. The Morgan fingerprint density at radius 1 is 0.913 bits per heavy atom. The van der Waals surface area contributed by atoms with Gasteiger partial charge in [0.1, 0.15) is 0 Å². The van der Waals surface area contributed by atoms with Gasteiger partial charge in [0.2, 0.25) is 5.76 Å². The average Bonchev–Trinajstić information content (AvgIpc) is 2.58. The molecule has 0 fully saturated rings. The lowest BCUT2D eigenvalue weighted by Gasteiger charge is -2.00. The van der Waals surface area contributed by atoms with E-state index in [4.69, 9.17) is 5.26 Å². The molecule has 4 heteroatoms. The third-order valence-electron chi connectivity index (χ3n) is 3.57. The molecule has 0 aromatic heterocycles. The zero-order chi connectivity index (χ0) is 17.2. The fraction of sp³-hybridized carbons (Fsp3) is 0.632. The average molecular weight is 324 g/mol. The maximum Gasteiger partial charge on any atom is 0.377 e. The van der Waals surface area contributed by atoms with Crippen LogP contribution in [0.5, 0.6) is 0 Å². The summed E-state index contributed by atoms with van der Waals surface area (Å²) in [6.45, 7) is 2.25. The summed E-state index contributed by atoms with van der Waals surface area (Å²) < 4.78 is 4.43. The molecule has 0 heterocycles. The minimum atomic E-state index is -0.712. The predicted molar refractivity (Wildman–Crippen MR) is 93.9 cm³/mol. The van der Waals surface area contributed by atoms with Crippen molar-refractivity contribution in [2.45, 2.75) is 71.1 Å². The van der Waals surface area contributed by atoms with Crippen molar-refractivity contribution in [2.24, 2.45) is 0 Å². The van der Waals surface area contributed by atoms with Gasteiger partial charge in [0.25, 0.3) is 0 Å². The van der Waals surface area contributed by atoms with E-state index in [0.717, 1.165) is 6.42 Å². The molecule has 0 aromatic rings. The van der Waals surface area contributed by atoms with Gasteiger partial charge in [0.05, 0.1) is 7.11 Å². The summed E-state index contributed by atoms with van der Waals surface area (Å²) in [5.74, 6) is -0.952. The largest absolute Gasteiger partial charge is 0.463 e. The van der Waals surface area contributed by atoms with Crippen LogP contribution in [0.1, 0.15) is 71.1 Å².